The topological polar surface area (TPSA) is 37.3 Å². The molecule has 0 aliphatic heterocycles. The lowest BCUT2D eigenvalue weighted by molar-refractivity contribution is 0.112. The van der Waals surface area contributed by atoms with E-state index >= 15 is 0 Å². The van der Waals surface area contributed by atoms with Crippen molar-refractivity contribution in [1.82, 2.24) is 0 Å². The Balaban J connectivity index is 2.41. The van der Waals surface area contributed by atoms with Gasteiger partial charge in [0, 0.05) is 5.56 Å². The number of phenolic OH excluding ortho intramolecular Hbond substituents is 1. The summed E-state index contributed by atoms with van der Waals surface area (Å²) in [4.78, 5) is 12.8. The molecule has 0 aliphatic carbocycles. The van der Waals surface area contributed by atoms with Crippen molar-refractivity contribution in [3.8, 4) is 28.0 Å². The molecule has 2 heteroatoms. The van der Waals surface area contributed by atoms with Crippen LogP contribution in [0.2, 0.25) is 0 Å². The van der Waals surface area contributed by atoms with Gasteiger partial charge < -0.3 is 5.11 Å². The Bertz CT molecular complexity index is 1150. The molecule has 3 aromatic carbocycles. The zero-order valence-corrected chi connectivity index (χ0v) is 25.1. The Hall–Kier alpha value is -2.87. The predicted molar refractivity (Wildman–Crippen MR) is 159 cm³/mol. The number of benzene rings is 3. The Morgan fingerprint density at radius 1 is 0.486 bits per heavy atom. The van der Waals surface area contributed by atoms with Gasteiger partial charge in [0.15, 0.2) is 6.29 Å². The van der Waals surface area contributed by atoms with Gasteiger partial charge in [-0.1, -0.05) is 119 Å². The van der Waals surface area contributed by atoms with E-state index in [0.717, 1.165) is 28.5 Å². The Morgan fingerprint density at radius 2 is 0.757 bits per heavy atom. The monoisotopic (exact) mass is 498 g/mol. The summed E-state index contributed by atoms with van der Waals surface area (Å²) >= 11 is 0. The summed E-state index contributed by atoms with van der Waals surface area (Å²) in [5, 5.41) is 10.9. The van der Waals surface area contributed by atoms with Crippen LogP contribution in [0.5, 0.6) is 5.75 Å². The smallest absolute Gasteiger partial charge is 0.151 e. The molecule has 0 amide bonds. The zero-order valence-electron chi connectivity index (χ0n) is 25.1. The fourth-order valence-electron chi connectivity index (χ4n) is 4.54. The second kappa shape index (κ2) is 9.46. The molecule has 0 saturated heterocycles. The molecule has 0 spiro atoms. The van der Waals surface area contributed by atoms with Gasteiger partial charge in [-0.05, 0) is 78.3 Å². The largest absolute Gasteiger partial charge is 0.508 e. The minimum atomic E-state index is -0.0559. The number of hydrogen-bond acceptors (Lipinski definition) is 2. The molecule has 0 heterocycles. The molecule has 0 aliphatic rings. The first kappa shape index (κ1) is 28.7. The quantitative estimate of drug-likeness (QED) is 0.365. The van der Waals surface area contributed by atoms with Crippen LogP contribution in [0.3, 0.4) is 0 Å². The molecular weight excluding hydrogens is 452 g/mol. The summed E-state index contributed by atoms with van der Waals surface area (Å²) in [6, 6.07) is 16.7. The number of phenols is 1. The van der Waals surface area contributed by atoms with Crippen LogP contribution in [0.1, 0.15) is 116 Å². The summed E-state index contributed by atoms with van der Waals surface area (Å²) in [5.41, 5.74) is 8.67. The van der Waals surface area contributed by atoms with E-state index in [-0.39, 0.29) is 27.4 Å². The molecule has 198 valence electrons. The third-order valence-electron chi connectivity index (χ3n) is 7.23. The van der Waals surface area contributed by atoms with Crippen molar-refractivity contribution in [3.63, 3.8) is 0 Å². The molecule has 1 N–H and O–H groups in total. The van der Waals surface area contributed by atoms with Gasteiger partial charge in [-0.2, -0.15) is 0 Å². The van der Waals surface area contributed by atoms with Crippen molar-refractivity contribution in [2.24, 2.45) is 0 Å². The van der Waals surface area contributed by atoms with Gasteiger partial charge in [-0.3, -0.25) is 4.79 Å². The molecule has 2 nitrogen and oxygen atoms in total. The van der Waals surface area contributed by atoms with Gasteiger partial charge in [0.25, 0.3) is 0 Å². The molecule has 0 atom stereocenters. The lowest BCUT2D eigenvalue weighted by Gasteiger charge is -2.27. The highest BCUT2D eigenvalue weighted by molar-refractivity contribution is 5.97. The van der Waals surface area contributed by atoms with Crippen molar-refractivity contribution < 1.29 is 9.90 Å². The van der Waals surface area contributed by atoms with Gasteiger partial charge >= 0.3 is 0 Å². The standard InChI is InChI=1S/C35H46O2/c1-32(2,3)24-13-22(14-25(17-24)33(4,5)6)29-19-28(37)20-30(31(29)21-36)23-15-26(34(7,8)9)18-27(16-23)35(10,11)12/h13-21,37H,1-12H3. The summed E-state index contributed by atoms with van der Waals surface area (Å²) in [6.07, 6.45) is 0.950. The average Bonchev–Trinajstić information content (AvgIpc) is 2.75. The molecule has 3 aromatic rings. The second-order valence-electron chi connectivity index (χ2n) is 14.7. The van der Waals surface area contributed by atoms with Gasteiger partial charge in [-0.25, -0.2) is 0 Å². The van der Waals surface area contributed by atoms with E-state index in [1.807, 2.05) is 0 Å². The fourth-order valence-corrected chi connectivity index (χ4v) is 4.54. The number of carbonyl (C=O) groups is 1. The minimum absolute atomic E-state index is 0.0559. The fraction of sp³-hybridized carbons (Fsp3) is 0.457. The molecule has 0 saturated carbocycles. The van der Waals surface area contributed by atoms with Crippen LogP contribution in [0.25, 0.3) is 22.3 Å². The Labute approximate surface area is 225 Å². The Kier molecular flexibility index (Phi) is 7.34. The number of aldehydes is 1. The van der Waals surface area contributed by atoms with E-state index in [0.29, 0.717) is 5.56 Å². The summed E-state index contributed by atoms with van der Waals surface area (Å²) in [6.45, 7) is 26.5. The SMILES string of the molecule is CC(C)(C)c1cc(-c2cc(O)cc(-c3cc(C(C)(C)C)cc(C(C)(C)C)c3)c2C=O)cc(C(C)(C)C)c1. The maximum Gasteiger partial charge on any atom is 0.151 e. The maximum atomic E-state index is 12.8. The maximum absolute atomic E-state index is 12.8. The van der Waals surface area contributed by atoms with Crippen LogP contribution < -0.4 is 0 Å². The molecule has 0 fully saturated rings. The van der Waals surface area contributed by atoms with Gasteiger partial charge in [0.2, 0.25) is 0 Å². The average molecular weight is 499 g/mol. The molecule has 0 radical (unpaired) electrons. The van der Waals surface area contributed by atoms with E-state index in [2.05, 4.69) is 119 Å². The number of aromatic hydroxyl groups is 1. The van der Waals surface area contributed by atoms with Crippen LogP contribution in [0.4, 0.5) is 0 Å². The van der Waals surface area contributed by atoms with Crippen molar-refractivity contribution in [2.75, 3.05) is 0 Å². The molecule has 0 unspecified atom stereocenters. The van der Waals surface area contributed by atoms with Gasteiger partial charge in [-0.15, -0.1) is 0 Å². The second-order valence-corrected chi connectivity index (χ2v) is 14.7. The van der Waals surface area contributed by atoms with Gasteiger partial charge in [0.05, 0.1) is 0 Å². The number of carbonyl (C=O) groups excluding carboxylic acids is 1. The first-order valence-electron chi connectivity index (χ1n) is 13.4. The lowest BCUT2D eigenvalue weighted by atomic mass is 9.77. The summed E-state index contributed by atoms with van der Waals surface area (Å²) in [5.74, 6) is 0.160. The number of rotatable bonds is 3. The van der Waals surface area contributed by atoms with E-state index in [1.165, 1.54) is 22.3 Å². The third-order valence-corrected chi connectivity index (χ3v) is 7.23. The van der Waals surface area contributed by atoms with Crippen LogP contribution in [-0.4, -0.2) is 11.4 Å². The van der Waals surface area contributed by atoms with E-state index in [4.69, 9.17) is 0 Å². The zero-order chi connectivity index (χ0) is 28.1. The van der Waals surface area contributed by atoms with Gasteiger partial charge in [0.1, 0.15) is 5.75 Å². The Morgan fingerprint density at radius 3 is 0.973 bits per heavy atom. The minimum Gasteiger partial charge on any atom is -0.508 e. The molecule has 0 aromatic heterocycles. The molecular formula is C35H46O2. The third kappa shape index (κ3) is 6.35. The number of hydrogen-bond donors (Lipinski definition) is 1. The van der Waals surface area contributed by atoms with Crippen LogP contribution in [-0.2, 0) is 21.7 Å². The van der Waals surface area contributed by atoms with Crippen molar-refractivity contribution in [1.29, 1.82) is 0 Å². The van der Waals surface area contributed by atoms with Crippen molar-refractivity contribution in [3.05, 3.63) is 76.3 Å². The molecule has 37 heavy (non-hydrogen) atoms. The lowest BCUT2D eigenvalue weighted by Crippen LogP contribution is -2.17. The van der Waals surface area contributed by atoms with E-state index < -0.39 is 0 Å². The molecule has 3 rings (SSSR count). The van der Waals surface area contributed by atoms with E-state index in [9.17, 15) is 9.90 Å². The highest BCUT2D eigenvalue weighted by atomic mass is 16.3. The van der Waals surface area contributed by atoms with Crippen molar-refractivity contribution >= 4 is 6.29 Å². The first-order chi connectivity index (χ1) is 16.7. The highest BCUT2D eigenvalue weighted by Gasteiger charge is 2.25. The summed E-state index contributed by atoms with van der Waals surface area (Å²) < 4.78 is 0. The first-order valence-corrected chi connectivity index (χ1v) is 13.4. The highest BCUT2D eigenvalue weighted by Crippen LogP contribution is 2.41. The molecule has 0 bridgehead atoms. The van der Waals surface area contributed by atoms with Crippen LogP contribution in [0.15, 0.2) is 48.5 Å². The van der Waals surface area contributed by atoms with Crippen molar-refractivity contribution in [2.45, 2.75) is 105 Å². The van der Waals surface area contributed by atoms with Crippen LogP contribution in [0, 0.1) is 0 Å². The van der Waals surface area contributed by atoms with Crippen LogP contribution >= 0.6 is 0 Å². The summed E-state index contributed by atoms with van der Waals surface area (Å²) in [7, 11) is 0. The normalized spacial score (nSPS) is 13.1. The van der Waals surface area contributed by atoms with E-state index in [1.54, 1.807) is 12.1 Å². The predicted octanol–water partition coefficient (Wildman–Crippen LogP) is 9.73.